The Hall–Kier alpha value is -1.46. The van der Waals surface area contributed by atoms with Crippen LogP contribution >= 0.6 is 0 Å². The molecular weight excluding hydrogens is 256 g/mol. The number of amides is 1. The molecule has 0 aromatic carbocycles. The predicted octanol–water partition coefficient (Wildman–Crippen LogP) is 2.14. The summed E-state index contributed by atoms with van der Waals surface area (Å²) in [6, 6.07) is 5.29. The Balaban J connectivity index is 2.09. The van der Waals surface area contributed by atoms with Crippen molar-refractivity contribution >= 4 is 11.7 Å². The summed E-state index contributed by atoms with van der Waals surface area (Å²) >= 11 is 0. The Morgan fingerprint density at radius 1 is 1.50 bits per heavy atom. The molecule has 1 aliphatic rings. The van der Waals surface area contributed by atoms with Gasteiger partial charge in [0.15, 0.2) is 0 Å². The van der Waals surface area contributed by atoms with Crippen LogP contribution in [0.3, 0.4) is 0 Å². The van der Waals surface area contributed by atoms with Crippen LogP contribution in [0.5, 0.6) is 0 Å². The SMILES string of the molecule is CC(C)(C)C(=O)Nc1cccc(C(O)C2CCOC2)n1. The Bertz CT molecular complexity index is 476. The molecule has 0 radical (unpaired) electrons. The molecule has 2 N–H and O–H groups in total. The van der Waals surface area contributed by atoms with Gasteiger partial charge in [-0.25, -0.2) is 4.98 Å². The number of hydrogen-bond donors (Lipinski definition) is 2. The quantitative estimate of drug-likeness (QED) is 0.888. The summed E-state index contributed by atoms with van der Waals surface area (Å²) in [5, 5.41) is 13.1. The van der Waals surface area contributed by atoms with Crippen LogP contribution in [0.15, 0.2) is 18.2 Å². The van der Waals surface area contributed by atoms with Gasteiger partial charge in [-0.1, -0.05) is 26.8 Å². The minimum absolute atomic E-state index is 0.0797. The van der Waals surface area contributed by atoms with Gasteiger partial charge < -0.3 is 15.2 Å². The van der Waals surface area contributed by atoms with Crippen LogP contribution in [0, 0.1) is 11.3 Å². The van der Waals surface area contributed by atoms with Crippen LogP contribution < -0.4 is 5.32 Å². The highest BCUT2D eigenvalue weighted by Crippen LogP contribution is 2.28. The maximum absolute atomic E-state index is 11.9. The fourth-order valence-electron chi connectivity index (χ4n) is 2.03. The van der Waals surface area contributed by atoms with Gasteiger partial charge in [-0.3, -0.25) is 4.79 Å². The van der Waals surface area contributed by atoms with Crippen molar-refractivity contribution in [1.29, 1.82) is 0 Å². The monoisotopic (exact) mass is 278 g/mol. The predicted molar refractivity (Wildman–Crippen MR) is 76.2 cm³/mol. The number of aliphatic hydroxyl groups is 1. The van der Waals surface area contributed by atoms with E-state index in [4.69, 9.17) is 4.74 Å². The summed E-state index contributed by atoms with van der Waals surface area (Å²) in [7, 11) is 0. The largest absolute Gasteiger partial charge is 0.386 e. The smallest absolute Gasteiger partial charge is 0.230 e. The molecule has 2 heterocycles. The van der Waals surface area contributed by atoms with E-state index in [0.717, 1.165) is 6.42 Å². The first-order valence-corrected chi connectivity index (χ1v) is 6.92. The molecule has 20 heavy (non-hydrogen) atoms. The Morgan fingerprint density at radius 3 is 2.85 bits per heavy atom. The number of ether oxygens (including phenoxy) is 1. The van der Waals surface area contributed by atoms with E-state index in [-0.39, 0.29) is 11.8 Å². The molecule has 110 valence electrons. The van der Waals surface area contributed by atoms with E-state index in [2.05, 4.69) is 10.3 Å². The number of aromatic nitrogens is 1. The van der Waals surface area contributed by atoms with E-state index in [0.29, 0.717) is 24.7 Å². The number of rotatable bonds is 3. The zero-order valence-electron chi connectivity index (χ0n) is 12.2. The molecule has 1 saturated heterocycles. The number of carbonyl (C=O) groups excluding carboxylic acids is 1. The van der Waals surface area contributed by atoms with Crippen molar-refractivity contribution in [2.45, 2.75) is 33.3 Å². The average Bonchev–Trinajstić information content (AvgIpc) is 2.91. The standard InChI is InChI=1S/C15H22N2O3/c1-15(2,3)14(19)17-12-6-4-5-11(16-12)13(18)10-7-8-20-9-10/h4-6,10,13,18H,7-9H2,1-3H3,(H,16,17,19). The summed E-state index contributed by atoms with van der Waals surface area (Å²) in [6.07, 6.45) is 0.186. The first kappa shape index (κ1) is 14.9. The molecule has 2 unspecified atom stereocenters. The number of carbonyl (C=O) groups is 1. The molecule has 0 saturated carbocycles. The Kier molecular flexibility index (Phi) is 4.40. The lowest BCUT2D eigenvalue weighted by molar-refractivity contribution is -0.123. The van der Waals surface area contributed by atoms with Gasteiger partial charge in [-0.15, -0.1) is 0 Å². The third kappa shape index (κ3) is 3.55. The number of aliphatic hydroxyl groups excluding tert-OH is 1. The van der Waals surface area contributed by atoms with E-state index in [1.54, 1.807) is 18.2 Å². The van der Waals surface area contributed by atoms with E-state index < -0.39 is 11.5 Å². The molecule has 0 bridgehead atoms. The minimum Gasteiger partial charge on any atom is -0.386 e. The maximum Gasteiger partial charge on any atom is 0.230 e. The van der Waals surface area contributed by atoms with Crippen molar-refractivity contribution in [3.63, 3.8) is 0 Å². The summed E-state index contributed by atoms with van der Waals surface area (Å²) < 4.78 is 5.28. The van der Waals surface area contributed by atoms with Crippen LogP contribution in [0.25, 0.3) is 0 Å². The average molecular weight is 278 g/mol. The van der Waals surface area contributed by atoms with Crippen molar-refractivity contribution in [2.75, 3.05) is 18.5 Å². The molecule has 2 rings (SSSR count). The lowest BCUT2D eigenvalue weighted by Gasteiger charge is -2.19. The Morgan fingerprint density at radius 2 is 2.25 bits per heavy atom. The summed E-state index contributed by atoms with van der Waals surface area (Å²) in [5.41, 5.74) is 0.0995. The van der Waals surface area contributed by atoms with Gasteiger partial charge in [-0.05, 0) is 18.6 Å². The summed E-state index contributed by atoms with van der Waals surface area (Å²) in [4.78, 5) is 16.3. The number of pyridine rings is 1. The van der Waals surface area contributed by atoms with Crippen molar-refractivity contribution in [2.24, 2.45) is 11.3 Å². The lowest BCUT2D eigenvalue weighted by Crippen LogP contribution is -2.28. The summed E-state index contributed by atoms with van der Waals surface area (Å²) in [6.45, 7) is 6.77. The van der Waals surface area contributed by atoms with Gasteiger partial charge in [0.2, 0.25) is 5.91 Å². The van der Waals surface area contributed by atoms with Crippen molar-refractivity contribution in [3.05, 3.63) is 23.9 Å². The van der Waals surface area contributed by atoms with Gasteiger partial charge in [0.05, 0.1) is 12.3 Å². The molecule has 1 amide bonds. The number of hydrogen-bond acceptors (Lipinski definition) is 4. The van der Waals surface area contributed by atoms with Gasteiger partial charge in [0, 0.05) is 17.9 Å². The van der Waals surface area contributed by atoms with E-state index in [1.165, 1.54) is 0 Å². The molecule has 5 nitrogen and oxygen atoms in total. The van der Waals surface area contributed by atoms with Crippen LogP contribution in [0.1, 0.15) is 39.0 Å². The second-order valence-electron chi connectivity index (χ2n) is 6.22. The third-order valence-corrected chi connectivity index (χ3v) is 3.41. The van der Waals surface area contributed by atoms with E-state index in [9.17, 15) is 9.90 Å². The highest BCUT2D eigenvalue weighted by atomic mass is 16.5. The fourth-order valence-corrected chi connectivity index (χ4v) is 2.03. The minimum atomic E-state index is -0.649. The zero-order chi connectivity index (χ0) is 14.8. The third-order valence-electron chi connectivity index (χ3n) is 3.41. The second-order valence-corrected chi connectivity index (χ2v) is 6.22. The Labute approximate surface area is 119 Å². The molecule has 2 atom stereocenters. The molecule has 1 fully saturated rings. The molecular formula is C15H22N2O3. The number of nitrogens with zero attached hydrogens (tertiary/aromatic N) is 1. The van der Waals surface area contributed by atoms with Gasteiger partial charge >= 0.3 is 0 Å². The normalized spacial score (nSPS) is 20.7. The van der Waals surface area contributed by atoms with Crippen molar-refractivity contribution in [3.8, 4) is 0 Å². The van der Waals surface area contributed by atoms with E-state index >= 15 is 0 Å². The van der Waals surface area contributed by atoms with Gasteiger partial charge in [-0.2, -0.15) is 0 Å². The number of anilines is 1. The van der Waals surface area contributed by atoms with Gasteiger partial charge in [0.25, 0.3) is 0 Å². The zero-order valence-corrected chi connectivity index (χ0v) is 12.2. The van der Waals surface area contributed by atoms with E-state index in [1.807, 2.05) is 20.8 Å². The maximum atomic E-state index is 11.9. The molecule has 5 heteroatoms. The second kappa shape index (κ2) is 5.89. The van der Waals surface area contributed by atoms with Crippen molar-refractivity contribution < 1.29 is 14.6 Å². The first-order chi connectivity index (χ1) is 9.38. The summed E-state index contributed by atoms with van der Waals surface area (Å²) in [5.74, 6) is 0.456. The van der Waals surface area contributed by atoms with Crippen LogP contribution in [-0.2, 0) is 9.53 Å². The molecule has 1 aliphatic heterocycles. The van der Waals surface area contributed by atoms with Crippen molar-refractivity contribution in [1.82, 2.24) is 4.98 Å². The topological polar surface area (TPSA) is 71.5 Å². The number of nitrogens with one attached hydrogen (secondary N) is 1. The van der Waals surface area contributed by atoms with Gasteiger partial charge in [0.1, 0.15) is 11.9 Å². The highest BCUT2D eigenvalue weighted by Gasteiger charge is 2.27. The molecule has 1 aromatic heterocycles. The molecule has 0 aliphatic carbocycles. The van der Waals surface area contributed by atoms with Crippen LogP contribution in [0.4, 0.5) is 5.82 Å². The van der Waals surface area contributed by atoms with Crippen LogP contribution in [-0.4, -0.2) is 29.2 Å². The fraction of sp³-hybridized carbons (Fsp3) is 0.600. The lowest BCUT2D eigenvalue weighted by atomic mass is 9.96. The van der Waals surface area contributed by atoms with Crippen LogP contribution in [0.2, 0.25) is 0 Å². The molecule has 0 spiro atoms. The highest BCUT2D eigenvalue weighted by molar-refractivity contribution is 5.93. The molecule has 1 aromatic rings. The first-order valence-electron chi connectivity index (χ1n) is 6.92.